The van der Waals surface area contributed by atoms with E-state index < -0.39 is 17.7 Å². The van der Waals surface area contributed by atoms with E-state index in [-0.39, 0.29) is 13.1 Å². The van der Waals surface area contributed by atoms with Gasteiger partial charge >= 0.3 is 5.97 Å². The van der Waals surface area contributed by atoms with E-state index in [0.717, 1.165) is 0 Å². The number of carbonyl (C=O) groups is 2. The maximum absolute atomic E-state index is 10.7. The van der Waals surface area contributed by atoms with Crippen molar-refractivity contribution >= 4 is 11.8 Å². The quantitative estimate of drug-likeness (QED) is 0.204. The maximum Gasteiger partial charge on any atom is 0.315 e. The highest BCUT2D eigenvalue weighted by Gasteiger charge is 2.23. The Morgan fingerprint density at radius 3 is 2.36 bits per heavy atom. The lowest BCUT2D eigenvalue weighted by Gasteiger charge is -2.07. The Kier molecular flexibility index (Phi) is 4.35. The molecule has 0 aromatic heterocycles. The van der Waals surface area contributed by atoms with Crippen LogP contribution in [0, 0.1) is 5.92 Å². The van der Waals surface area contributed by atoms with Crippen LogP contribution in [0.3, 0.4) is 0 Å². The maximum atomic E-state index is 10.7. The summed E-state index contributed by atoms with van der Waals surface area (Å²) in [6.07, 6.45) is 0. The summed E-state index contributed by atoms with van der Waals surface area (Å²) in [5, 5.41) is 8.43. The first-order chi connectivity index (χ1) is 5.13. The van der Waals surface area contributed by atoms with Gasteiger partial charge in [0.05, 0.1) is 6.54 Å². The minimum Gasteiger partial charge on any atom is -0.481 e. The van der Waals surface area contributed by atoms with Crippen LogP contribution in [0.4, 0.5) is 0 Å². The van der Waals surface area contributed by atoms with E-state index in [1.807, 2.05) is 0 Å². The zero-order valence-electron chi connectivity index (χ0n) is 5.91. The highest BCUT2D eigenvalue weighted by molar-refractivity contribution is 5.99. The first-order valence-electron chi connectivity index (χ1n) is 3.02. The number of carbonyl (C=O) groups excluding carboxylic acids is 1. The molecule has 0 aliphatic carbocycles. The van der Waals surface area contributed by atoms with Crippen LogP contribution < -0.4 is 17.0 Å². The number of aliphatic carboxylic acids is 1. The highest BCUT2D eigenvalue weighted by Crippen LogP contribution is 1.94. The van der Waals surface area contributed by atoms with E-state index in [1.165, 1.54) is 0 Å². The third-order valence-electron chi connectivity index (χ3n) is 1.21. The molecular weight excluding hydrogens is 150 g/mol. The number of hydrogen-bond donors (Lipinski definition) is 4. The molecule has 0 aromatic carbocycles. The number of carboxylic acid groups (broad SMARTS) is 1. The van der Waals surface area contributed by atoms with Gasteiger partial charge in [0.25, 0.3) is 0 Å². The van der Waals surface area contributed by atoms with Gasteiger partial charge in [0.1, 0.15) is 5.92 Å². The predicted molar refractivity (Wildman–Crippen MR) is 37.4 cm³/mol. The van der Waals surface area contributed by atoms with Crippen molar-refractivity contribution in [3.8, 4) is 0 Å². The predicted octanol–water partition coefficient (Wildman–Crippen LogP) is -2.32. The first-order valence-corrected chi connectivity index (χ1v) is 3.02. The normalized spacial score (nSPS) is 12.5. The van der Waals surface area contributed by atoms with Crippen LogP contribution >= 0.6 is 0 Å². The van der Waals surface area contributed by atoms with Crippen molar-refractivity contribution in [1.29, 1.82) is 0 Å². The molecular formula is C5H11N3O3. The van der Waals surface area contributed by atoms with Crippen molar-refractivity contribution in [2.75, 3.05) is 13.1 Å². The topological polar surface area (TPSA) is 118 Å². The lowest BCUT2D eigenvalue weighted by Crippen LogP contribution is -2.40. The van der Waals surface area contributed by atoms with Gasteiger partial charge < -0.3 is 10.8 Å². The summed E-state index contributed by atoms with van der Waals surface area (Å²) >= 11 is 0. The molecule has 6 N–H and O–H groups in total. The molecule has 0 heterocycles. The molecule has 6 heteroatoms. The van der Waals surface area contributed by atoms with E-state index in [2.05, 4.69) is 5.43 Å². The van der Waals surface area contributed by atoms with E-state index in [4.69, 9.17) is 16.7 Å². The summed E-state index contributed by atoms with van der Waals surface area (Å²) in [6, 6.07) is 0. The van der Waals surface area contributed by atoms with Crippen LogP contribution in [0.2, 0.25) is 0 Å². The van der Waals surface area contributed by atoms with Crippen LogP contribution in [0.15, 0.2) is 0 Å². The monoisotopic (exact) mass is 161 g/mol. The van der Waals surface area contributed by atoms with Gasteiger partial charge in [-0.25, -0.2) is 0 Å². The summed E-state index contributed by atoms with van der Waals surface area (Å²) in [5.41, 5.74) is 7.07. The van der Waals surface area contributed by atoms with Crippen LogP contribution in [0.1, 0.15) is 0 Å². The lowest BCUT2D eigenvalue weighted by atomic mass is 10.1. The third-order valence-corrected chi connectivity index (χ3v) is 1.21. The van der Waals surface area contributed by atoms with Crippen molar-refractivity contribution in [2.45, 2.75) is 0 Å². The number of Topliss-reactive ketones (excluding diaryl/α,β-unsaturated/α-hetero) is 1. The molecule has 11 heavy (non-hydrogen) atoms. The Morgan fingerprint density at radius 2 is 2.09 bits per heavy atom. The molecule has 0 saturated carbocycles. The molecule has 0 amide bonds. The fraction of sp³-hybridized carbons (Fsp3) is 0.600. The molecule has 0 rings (SSSR count). The van der Waals surface area contributed by atoms with Crippen LogP contribution in [0.5, 0.6) is 0 Å². The van der Waals surface area contributed by atoms with Gasteiger partial charge in [0.15, 0.2) is 5.78 Å². The van der Waals surface area contributed by atoms with E-state index >= 15 is 0 Å². The second-order valence-electron chi connectivity index (χ2n) is 1.97. The molecule has 0 spiro atoms. The fourth-order valence-electron chi connectivity index (χ4n) is 0.599. The molecule has 0 fully saturated rings. The van der Waals surface area contributed by atoms with Crippen LogP contribution in [-0.2, 0) is 9.59 Å². The highest BCUT2D eigenvalue weighted by atomic mass is 16.4. The van der Waals surface area contributed by atoms with E-state index in [9.17, 15) is 9.59 Å². The Balaban J connectivity index is 4.09. The SMILES string of the molecule is NCC(=O)C(CNN)C(=O)O. The molecule has 0 radical (unpaired) electrons. The average molecular weight is 161 g/mol. The van der Waals surface area contributed by atoms with Gasteiger partial charge in [-0.1, -0.05) is 0 Å². The second kappa shape index (κ2) is 4.78. The second-order valence-corrected chi connectivity index (χ2v) is 1.97. The summed E-state index contributed by atoms with van der Waals surface area (Å²) in [7, 11) is 0. The molecule has 0 saturated heterocycles. The average Bonchev–Trinajstić information content (AvgIpc) is 1.98. The van der Waals surface area contributed by atoms with Gasteiger partial charge in [-0.05, 0) is 0 Å². The van der Waals surface area contributed by atoms with Gasteiger partial charge in [0, 0.05) is 6.54 Å². The smallest absolute Gasteiger partial charge is 0.315 e. The van der Waals surface area contributed by atoms with Crippen molar-refractivity contribution in [2.24, 2.45) is 17.5 Å². The van der Waals surface area contributed by atoms with Crippen molar-refractivity contribution in [3.63, 3.8) is 0 Å². The summed E-state index contributed by atoms with van der Waals surface area (Å²) in [4.78, 5) is 21.1. The number of rotatable bonds is 5. The van der Waals surface area contributed by atoms with Crippen LogP contribution in [-0.4, -0.2) is 29.9 Å². The molecule has 1 unspecified atom stereocenters. The molecule has 0 aliphatic rings. The van der Waals surface area contributed by atoms with Gasteiger partial charge in [-0.15, -0.1) is 0 Å². The Morgan fingerprint density at radius 1 is 1.55 bits per heavy atom. The molecule has 1 atom stereocenters. The third kappa shape index (κ3) is 3.08. The summed E-state index contributed by atoms with van der Waals surface area (Å²) < 4.78 is 0. The van der Waals surface area contributed by atoms with E-state index in [1.54, 1.807) is 0 Å². The number of nitrogens with two attached hydrogens (primary N) is 2. The lowest BCUT2D eigenvalue weighted by molar-refractivity contribution is -0.145. The van der Waals surface area contributed by atoms with Gasteiger partial charge in [-0.3, -0.25) is 20.9 Å². The standard InChI is InChI=1S/C5H11N3O3/c6-1-4(9)3(2-8-7)5(10)11/h3,8H,1-2,6-7H2,(H,10,11). The Labute approximate surface area is 63.5 Å². The molecule has 0 aliphatic heterocycles. The molecule has 6 nitrogen and oxygen atoms in total. The zero-order chi connectivity index (χ0) is 8.85. The number of ketones is 1. The molecule has 0 bridgehead atoms. The fourth-order valence-corrected chi connectivity index (χ4v) is 0.599. The molecule has 64 valence electrons. The number of hydrazine groups is 1. The molecule has 0 aromatic rings. The van der Waals surface area contributed by atoms with Crippen molar-refractivity contribution in [3.05, 3.63) is 0 Å². The van der Waals surface area contributed by atoms with E-state index in [0.29, 0.717) is 0 Å². The summed E-state index contributed by atoms with van der Waals surface area (Å²) in [5.74, 6) is 1.98. The van der Waals surface area contributed by atoms with Crippen molar-refractivity contribution in [1.82, 2.24) is 5.43 Å². The number of nitrogens with one attached hydrogen (secondary N) is 1. The summed E-state index contributed by atoms with van der Waals surface area (Å²) in [6.45, 7) is -0.371. The first kappa shape index (κ1) is 10.0. The zero-order valence-corrected chi connectivity index (χ0v) is 5.91. The number of carboxylic acids is 1. The van der Waals surface area contributed by atoms with Gasteiger partial charge in [-0.2, -0.15) is 0 Å². The van der Waals surface area contributed by atoms with Gasteiger partial charge in [0.2, 0.25) is 0 Å². The minimum atomic E-state index is -1.21. The number of hydrogen-bond acceptors (Lipinski definition) is 5. The van der Waals surface area contributed by atoms with Crippen LogP contribution in [0.25, 0.3) is 0 Å². The largest absolute Gasteiger partial charge is 0.481 e. The Hall–Kier alpha value is -0.980. The Bertz CT molecular complexity index is 159. The minimum absolute atomic E-state index is 0.0919. The van der Waals surface area contributed by atoms with Crippen molar-refractivity contribution < 1.29 is 14.7 Å².